The van der Waals surface area contributed by atoms with Crippen LogP contribution in [0.3, 0.4) is 0 Å². The smallest absolute Gasteiger partial charge is 0.299 e. The van der Waals surface area contributed by atoms with Gasteiger partial charge in [-0.2, -0.15) is 13.2 Å². The zero-order valence-corrected chi connectivity index (χ0v) is 11.4. The Morgan fingerprint density at radius 1 is 1.15 bits per heavy atom. The van der Waals surface area contributed by atoms with Crippen molar-refractivity contribution in [3.63, 3.8) is 0 Å². The topological polar surface area (TPSA) is 37.8 Å². The third kappa shape index (κ3) is 2.50. The average Bonchev–Trinajstić information content (AvgIpc) is 2.65. The molecule has 1 heterocycles. The van der Waals surface area contributed by atoms with Crippen molar-refractivity contribution in [2.45, 2.75) is 33.0 Å². The molecule has 0 bridgehead atoms. The lowest BCUT2D eigenvalue weighted by Crippen LogP contribution is -2.22. The first kappa shape index (κ1) is 14.4. The van der Waals surface area contributed by atoms with Gasteiger partial charge in [0.15, 0.2) is 0 Å². The summed E-state index contributed by atoms with van der Waals surface area (Å²) in [5.41, 5.74) is 1.16. The van der Waals surface area contributed by atoms with Crippen LogP contribution in [0.15, 0.2) is 29.1 Å². The largest absolute Gasteiger partial charge is 0.416 e. The SMILES string of the molecule is Cc1[nH]n(C(C)c2ccc(C(F)(F)F)cc2)c(=O)c1C. The zero-order chi connectivity index (χ0) is 15.1. The molecule has 0 saturated carbocycles. The Morgan fingerprint density at radius 2 is 1.70 bits per heavy atom. The number of aryl methyl sites for hydroxylation is 1. The number of hydrogen-bond donors (Lipinski definition) is 1. The maximum atomic E-state index is 12.5. The van der Waals surface area contributed by atoms with Gasteiger partial charge in [0, 0.05) is 11.3 Å². The molecular formula is C14H15F3N2O. The van der Waals surface area contributed by atoms with Crippen molar-refractivity contribution in [2.24, 2.45) is 0 Å². The molecule has 0 fully saturated rings. The number of aromatic amines is 1. The number of benzene rings is 1. The molecule has 0 aliphatic rings. The molecule has 20 heavy (non-hydrogen) atoms. The van der Waals surface area contributed by atoms with Crippen LogP contribution in [0.4, 0.5) is 13.2 Å². The number of rotatable bonds is 2. The summed E-state index contributed by atoms with van der Waals surface area (Å²) in [6, 6.07) is 4.49. The molecule has 2 rings (SSSR count). The van der Waals surface area contributed by atoms with Crippen molar-refractivity contribution in [1.82, 2.24) is 9.78 Å². The Morgan fingerprint density at radius 3 is 2.10 bits per heavy atom. The Bertz CT molecular complexity index is 665. The lowest BCUT2D eigenvalue weighted by molar-refractivity contribution is -0.137. The fourth-order valence-corrected chi connectivity index (χ4v) is 2.03. The van der Waals surface area contributed by atoms with Crippen LogP contribution in [0.2, 0.25) is 0 Å². The minimum atomic E-state index is -4.35. The van der Waals surface area contributed by atoms with E-state index in [2.05, 4.69) is 5.10 Å². The van der Waals surface area contributed by atoms with Gasteiger partial charge in [0.25, 0.3) is 5.56 Å². The normalized spacial score (nSPS) is 13.5. The van der Waals surface area contributed by atoms with Gasteiger partial charge in [0.1, 0.15) is 0 Å². The van der Waals surface area contributed by atoms with Gasteiger partial charge in [-0.05, 0) is 38.5 Å². The van der Waals surface area contributed by atoms with Crippen LogP contribution in [0, 0.1) is 13.8 Å². The lowest BCUT2D eigenvalue weighted by atomic mass is 10.1. The van der Waals surface area contributed by atoms with Crippen molar-refractivity contribution in [3.05, 3.63) is 57.0 Å². The van der Waals surface area contributed by atoms with E-state index in [1.54, 1.807) is 20.8 Å². The van der Waals surface area contributed by atoms with Crippen LogP contribution in [0.5, 0.6) is 0 Å². The Balaban J connectivity index is 2.36. The summed E-state index contributed by atoms with van der Waals surface area (Å²) in [5, 5.41) is 2.94. The van der Waals surface area contributed by atoms with E-state index in [0.29, 0.717) is 11.1 Å². The first-order chi connectivity index (χ1) is 9.21. The van der Waals surface area contributed by atoms with Crippen molar-refractivity contribution < 1.29 is 13.2 Å². The third-order valence-electron chi connectivity index (χ3n) is 3.50. The Kier molecular flexibility index (Phi) is 3.50. The molecule has 108 valence electrons. The number of alkyl halides is 3. The molecule has 1 atom stereocenters. The lowest BCUT2D eigenvalue weighted by Gasteiger charge is -2.14. The number of aromatic nitrogens is 2. The van der Waals surface area contributed by atoms with E-state index < -0.39 is 11.7 Å². The van der Waals surface area contributed by atoms with Crippen molar-refractivity contribution in [3.8, 4) is 0 Å². The van der Waals surface area contributed by atoms with Crippen LogP contribution >= 0.6 is 0 Å². The Hall–Kier alpha value is -1.98. The van der Waals surface area contributed by atoms with E-state index >= 15 is 0 Å². The second-order valence-electron chi connectivity index (χ2n) is 4.83. The van der Waals surface area contributed by atoms with Gasteiger partial charge < -0.3 is 0 Å². The van der Waals surface area contributed by atoms with Gasteiger partial charge in [-0.1, -0.05) is 12.1 Å². The van der Waals surface area contributed by atoms with Crippen LogP contribution < -0.4 is 5.56 Å². The number of nitrogens with zero attached hydrogens (tertiary/aromatic N) is 1. The van der Waals surface area contributed by atoms with E-state index in [1.165, 1.54) is 16.8 Å². The number of halogens is 3. The first-order valence-electron chi connectivity index (χ1n) is 6.16. The maximum absolute atomic E-state index is 12.5. The summed E-state index contributed by atoms with van der Waals surface area (Å²) in [6.07, 6.45) is -4.35. The van der Waals surface area contributed by atoms with E-state index in [9.17, 15) is 18.0 Å². The number of H-pyrrole nitrogens is 1. The van der Waals surface area contributed by atoms with E-state index in [0.717, 1.165) is 17.8 Å². The van der Waals surface area contributed by atoms with Crippen LogP contribution in [0.25, 0.3) is 0 Å². The van der Waals surface area contributed by atoms with Gasteiger partial charge in [-0.15, -0.1) is 0 Å². The molecule has 1 aromatic heterocycles. The van der Waals surface area contributed by atoms with Gasteiger partial charge in [-0.3, -0.25) is 9.89 Å². The summed E-state index contributed by atoms with van der Waals surface area (Å²) >= 11 is 0. The minimum absolute atomic E-state index is 0.158. The summed E-state index contributed by atoms with van der Waals surface area (Å²) in [6.45, 7) is 5.26. The second-order valence-corrected chi connectivity index (χ2v) is 4.83. The summed E-state index contributed by atoms with van der Waals surface area (Å²) < 4.78 is 38.9. The van der Waals surface area contributed by atoms with E-state index in [4.69, 9.17) is 0 Å². The summed E-state index contributed by atoms with van der Waals surface area (Å²) in [4.78, 5) is 12.0. The predicted octanol–water partition coefficient (Wildman–Crippen LogP) is 3.42. The highest BCUT2D eigenvalue weighted by molar-refractivity contribution is 5.27. The second kappa shape index (κ2) is 4.85. The quantitative estimate of drug-likeness (QED) is 0.901. The van der Waals surface area contributed by atoms with Crippen LogP contribution in [-0.2, 0) is 6.18 Å². The molecule has 1 unspecified atom stereocenters. The fourth-order valence-electron chi connectivity index (χ4n) is 2.03. The van der Waals surface area contributed by atoms with Gasteiger partial charge in [0.05, 0.1) is 11.6 Å². The van der Waals surface area contributed by atoms with Crippen molar-refractivity contribution in [1.29, 1.82) is 0 Å². The molecule has 0 amide bonds. The fraction of sp³-hybridized carbons (Fsp3) is 0.357. The highest BCUT2D eigenvalue weighted by Crippen LogP contribution is 2.30. The average molecular weight is 284 g/mol. The number of nitrogens with one attached hydrogen (secondary N) is 1. The number of hydrogen-bond acceptors (Lipinski definition) is 1. The molecule has 1 aromatic carbocycles. The van der Waals surface area contributed by atoms with Gasteiger partial charge in [0.2, 0.25) is 0 Å². The first-order valence-corrected chi connectivity index (χ1v) is 6.16. The molecule has 0 radical (unpaired) electrons. The highest BCUT2D eigenvalue weighted by Gasteiger charge is 2.30. The molecule has 0 saturated heterocycles. The zero-order valence-electron chi connectivity index (χ0n) is 11.4. The van der Waals surface area contributed by atoms with Gasteiger partial charge in [-0.25, -0.2) is 4.68 Å². The molecular weight excluding hydrogens is 269 g/mol. The van der Waals surface area contributed by atoms with Crippen LogP contribution in [-0.4, -0.2) is 9.78 Å². The maximum Gasteiger partial charge on any atom is 0.416 e. The molecule has 0 aliphatic carbocycles. The van der Waals surface area contributed by atoms with Crippen molar-refractivity contribution in [2.75, 3.05) is 0 Å². The van der Waals surface area contributed by atoms with Crippen LogP contribution in [0.1, 0.15) is 35.3 Å². The molecule has 2 aromatic rings. The summed E-state index contributed by atoms with van der Waals surface area (Å²) in [5.74, 6) is 0. The Labute approximate surface area is 114 Å². The highest BCUT2D eigenvalue weighted by atomic mass is 19.4. The molecule has 3 nitrogen and oxygen atoms in total. The predicted molar refractivity (Wildman–Crippen MR) is 69.8 cm³/mol. The molecule has 6 heteroatoms. The van der Waals surface area contributed by atoms with Gasteiger partial charge >= 0.3 is 6.18 Å². The van der Waals surface area contributed by atoms with Crippen molar-refractivity contribution >= 4 is 0 Å². The van der Waals surface area contributed by atoms with E-state index in [1.807, 2.05) is 0 Å². The minimum Gasteiger partial charge on any atom is -0.299 e. The molecule has 0 spiro atoms. The monoisotopic (exact) mass is 284 g/mol. The molecule has 0 aliphatic heterocycles. The summed E-state index contributed by atoms with van der Waals surface area (Å²) in [7, 11) is 0. The standard InChI is InChI=1S/C14H15F3N2O/c1-8-9(2)18-19(13(8)20)10(3)11-4-6-12(7-5-11)14(15,16)17/h4-7,10,18H,1-3H3. The third-order valence-corrected chi connectivity index (χ3v) is 3.50. The molecule has 1 N–H and O–H groups in total. The van der Waals surface area contributed by atoms with E-state index in [-0.39, 0.29) is 11.6 Å².